The molecule has 1 atom stereocenters. The van der Waals surface area contributed by atoms with Gasteiger partial charge in [-0.15, -0.1) is 0 Å². The van der Waals surface area contributed by atoms with Gasteiger partial charge in [0.05, 0.1) is 12.0 Å². The molecule has 1 aliphatic rings. The van der Waals surface area contributed by atoms with Crippen molar-refractivity contribution < 1.29 is 13.2 Å². The van der Waals surface area contributed by atoms with Gasteiger partial charge in [-0.25, -0.2) is 8.42 Å². The first-order valence-corrected chi connectivity index (χ1v) is 9.22. The maximum Gasteiger partial charge on any atom is 0.243 e. The molecule has 6 heteroatoms. The van der Waals surface area contributed by atoms with Gasteiger partial charge in [-0.05, 0) is 54.3 Å². The largest absolute Gasteiger partial charge is 0.497 e. The van der Waals surface area contributed by atoms with Gasteiger partial charge in [0.15, 0.2) is 0 Å². The van der Waals surface area contributed by atoms with Crippen molar-refractivity contribution in [3.8, 4) is 5.75 Å². The Hall–Kier alpha value is -1.56. The average molecular weight is 352 g/mol. The summed E-state index contributed by atoms with van der Waals surface area (Å²) in [7, 11) is -1.83. The SMILES string of the molecule is COc1ccc(C2CCN(S(=O)(=O)c3ccc(Cl)cc3)C2)cc1. The molecule has 0 aromatic heterocycles. The normalized spacial score (nSPS) is 19.0. The molecule has 0 spiro atoms. The standard InChI is InChI=1S/C17H18ClNO3S/c1-22-16-6-2-13(3-7-16)14-10-11-19(12-14)23(20,21)17-8-4-15(18)5-9-17/h2-9,14H,10-12H2,1H3. The predicted octanol–water partition coefficient (Wildman–Crippen LogP) is 3.53. The second kappa shape index (κ2) is 6.51. The van der Waals surface area contributed by atoms with Crippen LogP contribution < -0.4 is 4.74 Å². The number of halogens is 1. The third-order valence-corrected chi connectivity index (χ3v) is 6.32. The van der Waals surface area contributed by atoms with Gasteiger partial charge >= 0.3 is 0 Å². The molecule has 23 heavy (non-hydrogen) atoms. The van der Waals surface area contributed by atoms with E-state index in [4.69, 9.17) is 16.3 Å². The Morgan fingerprint density at radius 1 is 1.09 bits per heavy atom. The van der Waals surface area contributed by atoms with Gasteiger partial charge in [-0.1, -0.05) is 23.7 Å². The van der Waals surface area contributed by atoms with Crippen LogP contribution in [0.25, 0.3) is 0 Å². The van der Waals surface area contributed by atoms with Gasteiger partial charge in [-0.3, -0.25) is 0 Å². The summed E-state index contributed by atoms with van der Waals surface area (Å²) in [5.41, 5.74) is 1.14. The highest BCUT2D eigenvalue weighted by Crippen LogP contribution is 2.32. The molecule has 1 aliphatic heterocycles. The minimum absolute atomic E-state index is 0.211. The molecule has 0 aliphatic carbocycles. The van der Waals surface area contributed by atoms with Gasteiger partial charge in [0, 0.05) is 18.1 Å². The molecule has 1 unspecified atom stereocenters. The number of hydrogen-bond acceptors (Lipinski definition) is 3. The Labute approximate surface area is 141 Å². The lowest BCUT2D eigenvalue weighted by Gasteiger charge is -2.17. The van der Waals surface area contributed by atoms with Crippen molar-refractivity contribution in [3.63, 3.8) is 0 Å². The number of benzene rings is 2. The highest BCUT2D eigenvalue weighted by atomic mass is 35.5. The number of ether oxygens (including phenoxy) is 1. The lowest BCUT2D eigenvalue weighted by molar-refractivity contribution is 0.414. The average Bonchev–Trinajstić information content (AvgIpc) is 3.06. The van der Waals surface area contributed by atoms with Crippen LogP contribution in [0.15, 0.2) is 53.4 Å². The lowest BCUT2D eigenvalue weighted by Crippen LogP contribution is -2.28. The van der Waals surface area contributed by atoms with E-state index < -0.39 is 10.0 Å². The number of nitrogens with zero attached hydrogens (tertiary/aromatic N) is 1. The Kier molecular flexibility index (Phi) is 4.62. The lowest BCUT2D eigenvalue weighted by atomic mass is 9.99. The maximum atomic E-state index is 12.7. The summed E-state index contributed by atoms with van der Waals surface area (Å²) in [4.78, 5) is 0.289. The molecule has 1 heterocycles. The molecular formula is C17H18ClNO3S. The second-order valence-electron chi connectivity index (χ2n) is 5.58. The quantitative estimate of drug-likeness (QED) is 0.846. The molecule has 122 valence electrons. The van der Waals surface area contributed by atoms with Crippen LogP contribution in [0.1, 0.15) is 17.9 Å². The zero-order valence-corrected chi connectivity index (χ0v) is 14.3. The van der Waals surface area contributed by atoms with Crippen LogP contribution in [0.2, 0.25) is 5.02 Å². The van der Waals surface area contributed by atoms with E-state index in [-0.39, 0.29) is 10.8 Å². The third-order valence-electron chi connectivity index (χ3n) is 4.19. The first-order valence-electron chi connectivity index (χ1n) is 7.40. The summed E-state index contributed by atoms with van der Waals surface area (Å²) in [5.74, 6) is 1.01. The second-order valence-corrected chi connectivity index (χ2v) is 7.95. The van der Waals surface area contributed by atoms with Crippen molar-refractivity contribution in [2.75, 3.05) is 20.2 Å². The van der Waals surface area contributed by atoms with Gasteiger partial charge in [0.1, 0.15) is 5.75 Å². The summed E-state index contributed by atoms with van der Waals surface area (Å²) >= 11 is 5.83. The number of rotatable bonds is 4. The van der Waals surface area contributed by atoms with Crippen LogP contribution in [0, 0.1) is 0 Å². The van der Waals surface area contributed by atoms with Crippen molar-refractivity contribution in [1.29, 1.82) is 0 Å². The smallest absolute Gasteiger partial charge is 0.243 e. The van der Waals surface area contributed by atoms with Gasteiger partial charge in [0.2, 0.25) is 10.0 Å². The van der Waals surface area contributed by atoms with Gasteiger partial charge in [-0.2, -0.15) is 4.31 Å². The van der Waals surface area contributed by atoms with E-state index >= 15 is 0 Å². The number of methoxy groups -OCH3 is 1. The first kappa shape index (κ1) is 16.3. The van der Waals surface area contributed by atoms with E-state index in [0.717, 1.165) is 17.7 Å². The fraction of sp³-hybridized carbons (Fsp3) is 0.294. The minimum atomic E-state index is -3.46. The van der Waals surface area contributed by atoms with Crippen molar-refractivity contribution in [2.24, 2.45) is 0 Å². The van der Waals surface area contributed by atoms with Gasteiger partial charge in [0.25, 0.3) is 0 Å². The fourth-order valence-electron chi connectivity index (χ4n) is 2.85. The molecule has 0 N–H and O–H groups in total. The van der Waals surface area contributed by atoms with Crippen molar-refractivity contribution in [1.82, 2.24) is 4.31 Å². The molecule has 4 nitrogen and oxygen atoms in total. The molecule has 0 amide bonds. The van der Waals surface area contributed by atoms with E-state index in [1.54, 1.807) is 35.7 Å². The minimum Gasteiger partial charge on any atom is -0.497 e. The summed E-state index contributed by atoms with van der Waals surface area (Å²) < 4.78 is 32.1. The maximum absolute atomic E-state index is 12.7. The molecule has 2 aromatic rings. The van der Waals surface area contributed by atoms with Crippen molar-refractivity contribution >= 4 is 21.6 Å². The van der Waals surface area contributed by atoms with Crippen LogP contribution in [-0.2, 0) is 10.0 Å². The Morgan fingerprint density at radius 2 is 1.74 bits per heavy atom. The Bertz CT molecular complexity index is 772. The molecular weight excluding hydrogens is 334 g/mol. The zero-order chi connectivity index (χ0) is 16.4. The molecule has 0 radical (unpaired) electrons. The number of hydrogen-bond donors (Lipinski definition) is 0. The van der Waals surface area contributed by atoms with Gasteiger partial charge < -0.3 is 4.74 Å². The zero-order valence-electron chi connectivity index (χ0n) is 12.8. The summed E-state index contributed by atoms with van der Waals surface area (Å²) in [6.07, 6.45) is 0.819. The summed E-state index contributed by atoms with van der Waals surface area (Å²) in [6.45, 7) is 1.03. The third kappa shape index (κ3) is 3.37. The van der Waals surface area contributed by atoms with E-state index in [1.165, 1.54) is 0 Å². The summed E-state index contributed by atoms with van der Waals surface area (Å²) in [5, 5.41) is 0.529. The van der Waals surface area contributed by atoms with E-state index in [0.29, 0.717) is 18.1 Å². The predicted molar refractivity (Wildman–Crippen MR) is 90.6 cm³/mol. The van der Waals surface area contributed by atoms with Crippen LogP contribution in [0.3, 0.4) is 0 Å². The molecule has 1 fully saturated rings. The molecule has 2 aromatic carbocycles. The molecule has 3 rings (SSSR count). The fourth-order valence-corrected chi connectivity index (χ4v) is 4.48. The van der Waals surface area contributed by atoms with E-state index in [9.17, 15) is 8.42 Å². The first-order chi connectivity index (χ1) is 11.0. The van der Waals surface area contributed by atoms with Crippen LogP contribution in [0.4, 0.5) is 0 Å². The highest BCUT2D eigenvalue weighted by Gasteiger charge is 2.33. The highest BCUT2D eigenvalue weighted by molar-refractivity contribution is 7.89. The van der Waals surface area contributed by atoms with Crippen LogP contribution >= 0.6 is 11.6 Å². The topological polar surface area (TPSA) is 46.6 Å². The Balaban J connectivity index is 1.77. The van der Waals surface area contributed by atoms with Crippen molar-refractivity contribution in [3.05, 3.63) is 59.1 Å². The van der Waals surface area contributed by atoms with Crippen molar-refractivity contribution in [2.45, 2.75) is 17.2 Å². The van der Waals surface area contributed by atoms with E-state index in [1.807, 2.05) is 24.3 Å². The monoisotopic (exact) mass is 351 g/mol. The van der Waals surface area contributed by atoms with E-state index in [2.05, 4.69) is 0 Å². The molecule has 0 saturated carbocycles. The van der Waals surface area contributed by atoms with Crippen LogP contribution in [-0.4, -0.2) is 32.9 Å². The molecule has 1 saturated heterocycles. The number of sulfonamides is 1. The molecule has 0 bridgehead atoms. The Morgan fingerprint density at radius 3 is 2.35 bits per heavy atom. The van der Waals surface area contributed by atoms with Crippen LogP contribution in [0.5, 0.6) is 5.75 Å². The summed E-state index contributed by atoms with van der Waals surface area (Å²) in [6, 6.07) is 14.1.